The fraction of sp³-hybridized carbons (Fsp3) is 0.538. The number of aryl methyl sites for hydroxylation is 1. The highest BCUT2D eigenvalue weighted by atomic mass is 16.2. The van der Waals surface area contributed by atoms with Crippen molar-refractivity contribution in [2.75, 3.05) is 7.05 Å². The summed E-state index contributed by atoms with van der Waals surface area (Å²) in [4.78, 5) is 18.1. The summed E-state index contributed by atoms with van der Waals surface area (Å²) in [6, 6.07) is 0. The van der Waals surface area contributed by atoms with Crippen LogP contribution in [0, 0.1) is 0 Å². The quantitative estimate of drug-likeness (QED) is 0.910. The first-order chi connectivity index (χ1) is 9.27. The molecule has 0 saturated heterocycles. The second kappa shape index (κ2) is 5.07. The summed E-state index contributed by atoms with van der Waals surface area (Å²) in [5.41, 5.74) is 0.808. The Morgan fingerprint density at radius 3 is 2.65 bits per heavy atom. The van der Waals surface area contributed by atoms with Gasteiger partial charge in [-0.1, -0.05) is 20.8 Å². The Morgan fingerprint density at radius 2 is 2.15 bits per heavy atom. The average molecular weight is 276 g/mol. The third kappa shape index (κ3) is 3.04. The summed E-state index contributed by atoms with van der Waals surface area (Å²) < 4.78 is 1.71. The number of rotatable bonds is 3. The highest BCUT2D eigenvalue weighted by molar-refractivity contribution is 5.90. The first-order valence-electron chi connectivity index (χ1n) is 6.43. The van der Waals surface area contributed by atoms with Gasteiger partial charge in [0, 0.05) is 37.8 Å². The maximum absolute atomic E-state index is 12.2. The molecule has 0 aliphatic carbocycles. The molecule has 108 valence electrons. The van der Waals surface area contributed by atoms with Crippen LogP contribution in [0.2, 0.25) is 0 Å². The van der Waals surface area contributed by atoms with Gasteiger partial charge < -0.3 is 4.90 Å². The van der Waals surface area contributed by atoms with Gasteiger partial charge in [-0.3, -0.25) is 14.6 Å². The summed E-state index contributed by atoms with van der Waals surface area (Å²) >= 11 is 0. The predicted molar refractivity (Wildman–Crippen MR) is 74.1 cm³/mol. The summed E-state index contributed by atoms with van der Waals surface area (Å²) in [6.45, 7) is 6.52. The predicted octanol–water partition coefficient (Wildman–Crippen LogP) is 1.11. The number of carbonyl (C=O) groups excluding carboxylic acids is 1. The van der Waals surface area contributed by atoms with Crippen LogP contribution in [0.5, 0.6) is 0 Å². The van der Waals surface area contributed by atoms with E-state index in [1.807, 2.05) is 34.0 Å². The Labute approximate surface area is 118 Å². The van der Waals surface area contributed by atoms with E-state index in [1.54, 1.807) is 22.8 Å². The van der Waals surface area contributed by atoms with E-state index in [0.29, 0.717) is 12.4 Å². The number of amides is 1. The number of hydrogen-bond acceptors (Lipinski definition) is 4. The molecule has 7 nitrogen and oxygen atoms in total. The monoisotopic (exact) mass is 276 g/mol. The molecule has 0 unspecified atom stereocenters. The van der Waals surface area contributed by atoms with Crippen molar-refractivity contribution in [3.05, 3.63) is 29.6 Å². The number of nitrogens with one attached hydrogen (secondary N) is 1. The molecule has 0 fully saturated rings. The van der Waals surface area contributed by atoms with E-state index in [9.17, 15) is 4.79 Å². The van der Waals surface area contributed by atoms with Crippen molar-refractivity contribution < 1.29 is 4.79 Å². The molecule has 2 heterocycles. The zero-order valence-corrected chi connectivity index (χ0v) is 12.5. The molecule has 1 amide bonds. The maximum Gasteiger partial charge on any atom is 0.293 e. The van der Waals surface area contributed by atoms with Gasteiger partial charge in [-0.2, -0.15) is 5.10 Å². The Morgan fingerprint density at radius 1 is 1.45 bits per heavy atom. The molecule has 0 spiro atoms. The van der Waals surface area contributed by atoms with E-state index in [1.165, 1.54) is 0 Å². The molecule has 20 heavy (non-hydrogen) atoms. The second-order valence-electron chi connectivity index (χ2n) is 5.94. The van der Waals surface area contributed by atoms with Crippen molar-refractivity contribution in [2.24, 2.45) is 7.05 Å². The van der Waals surface area contributed by atoms with E-state index < -0.39 is 0 Å². The van der Waals surface area contributed by atoms with E-state index >= 15 is 0 Å². The summed E-state index contributed by atoms with van der Waals surface area (Å²) in [6.07, 6.45) is 3.62. The van der Waals surface area contributed by atoms with Crippen LogP contribution in [0.3, 0.4) is 0 Å². The zero-order chi connectivity index (χ0) is 14.9. The minimum atomic E-state index is -0.208. The summed E-state index contributed by atoms with van der Waals surface area (Å²) in [7, 11) is 3.57. The molecule has 0 saturated carbocycles. The van der Waals surface area contributed by atoms with Crippen molar-refractivity contribution in [3.8, 4) is 0 Å². The summed E-state index contributed by atoms with van der Waals surface area (Å²) in [5.74, 6) is 0.692. The second-order valence-corrected chi connectivity index (χ2v) is 5.94. The molecule has 0 atom stereocenters. The van der Waals surface area contributed by atoms with Crippen LogP contribution < -0.4 is 0 Å². The highest BCUT2D eigenvalue weighted by Gasteiger charge is 2.23. The van der Waals surface area contributed by atoms with Gasteiger partial charge >= 0.3 is 0 Å². The molecule has 2 aromatic rings. The Bertz CT molecular complexity index is 606. The lowest BCUT2D eigenvalue weighted by Crippen LogP contribution is -2.27. The normalized spacial score (nSPS) is 11.7. The molecule has 0 aliphatic rings. The fourth-order valence-corrected chi connectivity index (χ4v) is 1.76. The van der Waals surface area contributed by atoms with E-state index in [-0.39, 0.29) is 17.1 Å². The first kappa shape index (κ1) is 14.2. The lowest BCUT2D eigenvalue weighted by atomic mass is 9.96. The minimum Gasteiger partial charge on any atom is -0.334 e. The number of aromatic amines is 1. The van der Waals surface area contributed by atoms with Gasteiger partial charge in [0.25, 0.3) is 5.91 Å². The highest BCUT2D eigenvalue weighted by Crippen LogP contribution is 2.17. The fourth-order valence-electron chi connectivity index (χ4n) is 1.76. The van der Waals surface area contributed by atoms with Crippen molar-refractivity contribution in [3.63, 3.8) is 0 Å². The number of carbonyl (C=O) groups is 1. The molecule has 7 heteroatoms. The van der Waals surface area contributed by atoms with Gasteiger partial charge in [-0.25, -0.2) is 4.98 Å². The molecule has 0 aliphatic heterocycles. The van der Waals surface area contributed by atoms with Crippen LogP contribution in [0.4, 0.5) is 0 Å². The van der Waals surface area contributed by atoms with Crippen LogP contribution in [0.1, 0.15) is 42.8 Å². The largest absolute Gasteiger partial charge is 0.334 e. The third-order valence-corrected chi connectivity index (χ3v) is 2.91. The van der Waals surface area contributed by atoms with Crippen LogP contribution in [0.15, 0.2) is 12.4 Å². The van der Waals surface area contributed by atoms with Crippen molar-refractivity contribution in [1.29, 1.82) is 0 Å². The van der Waals surface area contributed by atoms with Crippen LogP contribution >= 0.6 is 0 Å². The van der Waals surface area contributed by atoms with E-state index in [4.69, 9.17) is 0 Å². The van der Waals surface area contributed by atoms with Gasteiger partial charge in [0.1, 0.15) is 5.82 Å². The minimum absolute atomic E-state index is 0.159. The number of nitrogens with zero attached hydrogens (tertiary/aromatic N) is 5. The van der Waals surface area contributed by atoms with Crippen LogP contribution in [0.25, 0.3) is 0 Å². The molecular formula is C13H20N6O. The third-order valence-electron chi connectivity index (χ3n) is 2.91. The smallest absolute Gasteiger partial charge is 0.293 e. The maximum atomic E-state index is 12.2. The molecule has 1 N–H and O–H groups in total. The Hall–Kier alpha value is -2.18. The van der Waals surface area contributed by atoms with Crippen molar-refractivity contribution >= 4 is 5.91 Å². The molecule has 2 rings (SSSR count). The Balaban J connectivity index is 2.09. The molecule has 0 radical (unpaired) electrons. The zero-order valence-electron chi connectivity index (χ0n) is 12.5. The molecular weight excluding hydrogens is 256 g/mol. The number of aromatic nitrogens is 5. The first-order valence-corrected chi connectivity index (χ1v) is 6.43. The van der Waals surface area contributed by atoms with Crippen LogP contribution in [-0.4, -0.2) is 42.8 Å². The van der Waals surface area contributed by atoms with E-state index in [2.05, 4.69) is 20.3 Å². The molecule has 0 aromatic carbocycles. The average Bonchev–Trinajstić information content (AvgIpc) is 2.96. The molecule has 0 bridgehead atoms. The van der Waals surface area contributed by atoms with Gasteiger partial charge in [0.2, 0.25) is 5.82 Å². The topological polar surface area (TPSA) is 79.7 Å². The van der Waals surface area contributed by atoms with Gasteiger partial charge in [-0.15, -0.1) is 5.10 Å². The van der Waals surface area contributed by atoms with Crippen LogP contribution in [-0.2, 0) is 19.0 Å². The molecule has 2 aromatic heterocycles. The Kier molecular flexibility index (Phi) is 3.61. The lowest BCUT2D eigenvalue weighted by Gasteiger charge is -2.14. The van der Waals surface area contributed by atoms with Gasteiger partial charge in [0.05, 0.1) is 6.20 Å². The van der Waals surface area contributed by atoms with E-state index in [0.717, 1.165) is 5.56 Å². The number of hydrogen-bond donors (Lipinski definition) is 1. The van der Waals surface area contributed by atoms with Gasteiger partial charge in [0.15, 0.2) is 0 Å². The van der Waals surface area contributed by atoms with Gasteiger partial charge in [-0.05, 0) is 0 Å². The van der Waals surface area contributed by atoms with Crippen molar-refractivity contribution in [1.82, 2.24) is 29.9 Å². The SMILES string of the molecule is CN(Cc1cnn(C)c1)C(=O)c1n[nH]c(C(C)(C)C)n1. The summed E-state index contributed by atoms with van der Waals surface area (Å²) in [5, 5.41) is 10.9. The number of H-pyrrole nitrogens is 1. The lowest BCUT2D eigenvalue weighted by molar-refractivity contribution is 0.0773. The standard InChI is InChI=1S/C13H20N6O/c1-13(2,3)12-15-10(16-17-12)11(20)18(4)7-9-6-14-19(5)8-9/h6,8H,7H2,1-5H3,(H,15,16,17). The van der Waals surface area contributed by atoms with Crippen molar-refractivity contribution in [2.45, 2.75) is 32.7 Å².